The second-order valence-corrected chi connectivity index (χ2v) is 13.0. The quantitative estimate of drug-likeness (QED) is 0.411. The minimum Gasteiger partial charge on any atom is -0.444 e. The molecule has 2 aliphatic rings. The van der Waals surface area contributed by atoms with Gasteiger partial charge in [-0.1, -0.05) is 0 Å². The number of nitrogens with one attached hydrogen (secondary N) is 2. The van der Waals surface area contributed by atoms with E-state index >= 15 is 0 Å². The third-order valence-corrected chi connectivity index (χ3v) is 8.48. The molecule has 4 heterocycles. The Balaban J connectivity index is 1.14. The number of imidazole rings is 1. The van der Waals surface area contributed by atoms with Gasteiger partial charge in [0.15, 0.2) is 5.82 Å². The normalized spacial score (nSPS) is 16.2. The van der Waals surface area contributed by atoms with E-state index in [1.807, 2.05) is 25.9 Å². The van der Waals surface area contributed by atoms with E-state index in [1.54, 1.807) is 39.8 Å². The Morgan fingerprint density at radius 1 is 0.938 bits per heavy atom. The molecule has 0 spiro atoms. The van der Waals surface area contributed by atoms with Crippen molar-refractivity contribution in [2.24, 2.45) is 13.0 Å². The zero-order valence-electron chi connectivity index (χ0n) is 27.5. The molecule has 2 N–H and O–H groups in total. The molecule has 4 amide bonds. The van der Waals surface area contributed by atoms with Crippen LogP contribution in [-0.4, -0.2) is 103 Å². The fourth-order valence-corrected chi connectivity index (χ4v) is 5.93. The lowest BCUT2D eigenvalue weighted by molar-refractivity contribution is -0.140. The van der Waals surface area contributed by atoms with E-state index in [0.717, 1.165) is 6.20 Å². The van der Waals surface area contributed by atoms with Crippen LogP contribution in [0.5, 0.6) is 0 Å². The third kappa shape index (κ3) is 7.47. The van der Waals surface area contributed by atoms with E-state index in [1.165, 1.54) is 17.8 Å². The van der Waals surface area contributed by atoms with Crippen LogP contribution in [0, 0.1) is 12.8 Å². The summed E-state index contributed by atoms with van der Waals surface area (Å²) in [5.74, 6) is -1.10. The number of aromatic nitrogens is 4. The molecule has 2 aromatic heterocycles. The number of benzene rings is 1. The van der Waals surface area contributed by atoms with Crippen LogP contribution in [0.1, 0.15) is 65.8 Å². The summed E-state index contributed by atoms with van der Waals surface area (Å²) >= 11 is 0. The van der Waals surface area contributed by atoms with Crippen molar-refractivity contribution >= 4 is 29.5 Å². The predicted molar refractivity (Wildman–Crippen MR) is 168 cm³/mol. The first-order valence-electron chi connectivity index (χ1n) is 15.6. The highest BCUT2D eigenvalue weighted by Crippen LogP contribution is 2.35. The maximum absolute atomic E-state index is 13.4. The molecule has 16 heteroatoms. The number of aryl methyl sites for hydroxylation is 1. The second kappa shape index (κ2) is 13.3. The molecule has 13 nitrogen and oxygen atoms in total. The molecular weight excluding hydrogens is 633 g/mol. The molecular formula is C32H39F3N8O5. The van der Waals surface area contributed by atoms with Crippen molar-refractivity contribution in [3.63, 3.8) is 0 Å². The molecule has 3 aromatic rings. The standard InChI is InChI=1S/C32H39F3N8O5/c1-19-16-21(38-27(44)26-36-18-24(40(26)5)23-17-37-39-25(23)32(33,34)35)6-7-22(19)29(46)42-14-12-41(13-15-42)28(45)20-8-10-43(11-9-20)30(47)48-31(2,3)4/h6-7,16-18,20H,8-15H2,1-5H3,(H,37,39)(H,38,44). The number of rotatable bonds is 5. The molecule has 0 bridgehead atoms. The molecule has 0 atom stereocenters. The van der Waals surface area contributed by atoms with Crippen molar-refractivity contribution < 1.29 is 37.1 Å². The van der Waals surface area contributed by atoms with Gasteiger partial charge in [0.05, 0.1) is 23.7 Å². The fourth-order valence-electron chi connectivity index (χ4n) is 5.93. The highest BCUT2D eigenvalue weighted by molar-refractivity contribution is 6.03. The number of amides is 4. The number of H-pyrrole nitrogens is 1. The van der Waals surface area contributed by atoms with Crippen LogP contribution in [0.15, 0.2) is 30.6 Å². The molecule has 258 valence electrons. The summed E-state index contributed by atoms with van der Waals surface area (Å²) in [4.78, 5) is 61.1. The predicted octanol–water partition coefficient (Wildman–Crippen LogP) is 4.32. The zero-order valence-corrected chi connectivity index (χ0v) is 27.5. The van der Waals surface area contributed by atoms with Gasteiger partial charge < -0.3 is 29.3 Å². The van der Waals surface area contributed by atoms with Gasteiger partial charge in [-0.15, -0.1) is 0 Å². The van der Waals surface area contributed by atoms with E-state index in [2.05, 4.69) is 15.4 Å². The van der Waals surface area contributed by atoms with Crippen LogP contribution in [0.4, 0.5) is 23.7 Å². The number of carbonyl (C=O) groups excluding carboxylic acids is 4. The first-order valence-corrected chi connectivity index (χ1v) is 15.6. The summed E-state index contributed by atoms with van der Waals surface area (Å²) in [6.07, 6.45) is -1.72. The molecule has 2 aliphatic heterocycles. The Morgan fingerprint density at radius 2 is 1.58 bits per heavy atom. The molecule has 0 aliphatic carbocycles. The van der Waals surface area contributed by atoms with E-state index in [0.29, 0.717) is 68.9 Å². The van der Waals surface area contributed by atoms with Gasteiger partial charge in [-0.2, -0.15) is 18.3 Å². The number of piperazine rings is 1. The van der Waals surface area contributed by atoms with Crippen molar-refractivity contribution in [2.75, 3.05) is 44.6 Å². The topological polar surface area (TPSA) is 146 Å². The molecule has 2 fully saturated rings. The van der Waals surface area contributed by atoms with Crippen LogP contribution >= 0.6 is 0 Å². The van der Waals surface area contributed by atoms with E-state index < -0.39 is 23.4 Å². The molecule has 48 heavy (non-hydrogen) atoms. The number of hydrogen-bond donors (Lipinski definition) is 2. The fraction of sp³-hybridized carbons (Fsp3) is 0.500. The monoisotopic (exact) mass is 672 g/mol. The van der Waals surface area contributed by atoms with Gasteiger partial charge in [0.2, 0.25) is 5.91 Å². The first kappa shape index (κ1) is 34.4. The molecule has 0 unspecified atom stereocenters. The summed E-state index contributed by atoms with van der Waals surface area (Å²) in [6.45, 7) is 9.64. The minimum absolute atomic E-state index is 0.0348. The lowest BCUT2D eigenvalue weighted by Crippen LogP contribution is -2.53. The van der Waals surface area contributed by atoms with Gasteiger partial charge in [0, 0.05) is 63.5 Å². The SMILES string of the molecule is Cc1cc(NC(=O)c2ncc(-c3cn[nH]c3C(F)(F)F)n2C)ccc1C(=O)N1CCN(C(=O)C2CCN(C(=O)OC(C)(C)C)CC2)CC1. The number of piperidine rings is 1. The number of halogens is 3. The summed E-state index contributed by atoms with van der Waals surface area (Å²) in [5.41, 5.74) is -0.361. The first-order chi connectivity index (χ1) is 22.5. The number of hydrogen-bond acceptors (Lipinski definition) is 7. The van der Waals surface area contributed by atoms with E-state index in [4.69, 9.17) is 4.74 Å². The molecule has 5 rings (SSSR count). The number of aromatic amines is 1. The van der Waals surface area contributed by atoms with Gasteiger partial charge in [0.1, 0.15) is 11.3 Å². The summed E-state index contributed by atoms with van der Waals surface area (Å²) < 4.78 is 46.7. The van der Waals surface area contributed by atoms with Crippen molar-refractivity contribution in [3.05, 3.63) is 53.2 Å². The van der Waals surface area contributed by atoms with Crippen molar-refractivity contribution in [2.45, 2.75) is 52.3 Å². The highest BCUT2D eigenvalue weighted by Gasteiger charge is 2.37. The van der Waals surface area contributed by atoms with Gasteiger partial charge in [0.25, 0.3) is 11.8 Å². The Bertz CT molecular complexity index is 1690. The average molecular weight is 673 g/mol. The average Bonchev–Trinajstić information content (AvgIpc) is 3.67. The maximum atomic E-state index is 13.4. The van der Waals surface area contributed by atoms with Crippen LogP contribution in [-0.2, 0) is 22.8 Å². The highest BCUT2D eigenvalue weighted by atomic mass is 19.4. The molecule has 1 aromatic carbocycles. The Hall–Kier alpha value is -4.89. The Kier molecular flexibility index (Phi) is 9.55. The van der Waals surface area contributed by atoms with Crippen molar-refractivity contribution in [1.82, 2.24) is 34.4 Å². The molecule has 2 saturated heterocycles. The number of alkyl halides is 3. The number of carbonyl (C=O) groups is 4. The maximum Gasteiger partial charge on any atom is 0.433 e. The number of anilines is 1. The summed E-state index contributed by atoms with van der Waals surface area (Å²) in [7, 11) is 1.43. The van der Waals surface area contributed by atoms with Gasteiger partial charge in [-0.3, -0.25) is 19.5 Å². The number of likely N-dealkylation sites (tertiary alicyclic amines) is 1. The molecule has 0 saturated carbocycles. The summed E-state index contributed by atoms with van der Waals surface area (Å²) in [6, 6.07) is 4.81. The zero-order chi connectivity index (χ0) is 35.0. The number of nitrogens with zero attached hydrogens (tertiary/aromatic N) is 6. The third-order valence-electron chi connectivity index (χ3n) is 8.48. The van der Waals surface area contributed by atoms with Gasteiger partial charge in [-0.05, 0) is 64.3 Å². The van der Waals surface area contributed by atoms with Crippen LogP contribution in [0.2, 0.25) is 0 Å². The van der Waals surface area contributed by atoms with E-state index in [-0.39, 0.29) is 40.9 Å². The lowest BCUT2D eigenvalue weighted by Gasteiger charge is -2.38. The van der Waals surface area contributed by atoms with E-state index in [9.17, 15) is 32.3 Å². The summed E-state index contributed by atoms with van der Waals surface area (Å²) in [5, 5.41) is 8.13. The van der Waals surface area contributed by atoms with Crippen molar-refractivity contribution in [1.29, 1.82) is 0 Å². The smallest absolute Gasteiger partial charge is 0.433 e. The minimum atomic E-state index is -4.66. The van der Waals surface area contributed by atoms with Gasteiger partial charge >= 0.3 is 12.3 Å². The number of ether oxygens (including phenoxy) is 1. The van der Waals surface area contributed by atoms with Crippen LogP contribution < -0.4 is 5.32 Å². The molecule has 0 radical (unpaired) electrons. The second-order valence-electron chi connectivity index (χ2n) is 13.0. The van der Waals surface area contributed by atoms with Gasteiger partial charge in [-0.25, -0.2) is 9.78 Å². The largest absolute Gasteiger partial charge is 0.444 e. The van der Waals surface area contributed by atoms with Crippen LogP contribution in [0.3, 0.4) is 0 Å². The van der Waals surface area contributed by atoms with Crippen molar-refractivity contribution in [3.8, 4) is 11.3 Å². The Labute approximate surface area is 275 Å². The lowest BCUT2D eigenvalue weighted by atomic mass is 9.95. The van der Waals surface area contributed by atoms with Crippen LogP contribution in [0.25, 0.3) is 11.3 Å². The Morgan fingerprint density at radius 3 is 2.19 bits per heavy atom.